The van der Waals surface area contributed by atoms with Crippen molar-refractivity contribution >= 4 is 5.91 Å². The molecule has 2 atom stereocenters. The minimum absolute atomic E-state index is 0.105. The number of amides is 1. The molecular formula is C20H22N6O3. The minimum Gasteiger partial charge on any atom is -0.508 e. The number of benzene rings is 1. The van der Waals surface area contributed by atoms with Gasteiger partial charge in [0.05, 0.1) is 11.6 Å². The van der Waals surface area contributed by atoms with Crippen LogP contribution in [0.1, 0.15) is 37.8 Å². The average molecular weight is 394 g/mol. The van der Waals surface area contributed by atoms with Crippen LogP contribution in [0.25, 0.3) is 0 Å². The van der Waals surface area contributed by atoms with Gasteiger partial charge < -0.3 is 20.5 Å². The molecule has 9 nitrogen and oxygen atoms in total. The van der Waals surface area contributed by atoms with E-state index in [9.17, 15) is 9.90 Å². The van der Waals surface area contributed by atoms with Crippen LogP contribution in [0, 0.1) is 16.9 Å². The maximum Gasteiger partial charge on any atom is 0.271 e. The molecule has 0 saturated heterocycles. The molecule has 29 heavy (non-hydrogen) atoms. The zero-order valence-electron chi connectivity index (χ0n) is 16.3. The molecule has 2 heterocycles. The zero-order chi connectivity index (χ0) is 21.1. The highest BCUT2D eigenvalue weighted by Gasteiger charge is 2.40. The molecule has 5 N–H and O–H groups in total. The van der Waals surface area contributed by atoms with Crippen molar-refractivity contribution in [2.24, 2.45) is 5.22 Å². The number of rotatable bonds is 5. The van der Waals surface area contributed by atoms with E-state index in [1.54, 1.807) is 19.1 Å². The van der Waals surface area contributed by atoms with Crippen molar-refractivity contribution < 1.29 is 14.6 Å². The number of phenolic OH excluding ortho intramolecular Hbond substituents is 1. The number of dihydropyridines is 2. The summed E-state index contributed by atoms with van der Waals surface area (Å²) in [5, 5.41) is 29.3. The van der Waals surface area contributed by atoms with Crippen LogP contribution >= 0.6 is 0 Å². The van der Waals surface area contributed by atoms with Crippen LogP contribution in [0.15, 0.2) is 57.7 Å². The lowest BCUT2D eigenvalue weighted by molar-refractivity contribution is -0.118. The Morgan fingerprint density at radius 1 is 1.45 bits per heavy atom. The lowest BCUT2D eigenvalue weighted by atomic mass is 9.77. The van der Waals surface area contributed by atoms with E-state index in [2.05, 4.69) is 21.3 Å². The molecule has 2 aliphatic heterocycles. The van der Waals surface area contributed by atoms with Gasteiger partial charge >= 0.3 is 0 Å². The second kappa shape index (κ2) is 8.16. The Kier molecular flexibility index (Phi) is 5.66. The molecule has 0 aromatic heterocycles. The number of aromatic hydroxyl groups is 1. The molecule has 3 rings (SSSR count). The van der Waals surface area contributed by atoms with Crippen molar-refractivity contribution in [3.63, 3.8) is 0 Å². The first-order valence-corrected chi connectivity index (χ1v) is 9.09. The third-order valence-electron chi connectivity index (χ3n) is 4.94. The number of hydrogen-bond acceptors (Lipinski definition) is 8. The van der Waals surface area contributed by atoms with Crippen LogP contribution in [0.3, 0.4) is 0 Å². The van der Waals surface area contributed by atoms with E-state index in [-0.39, 0.29) is 5.75 Å². The van der Waals surface area contributed by atoms with Crippen molar-refractivity contribution in [2.75, 3.05) is 6.61 Å². The third-order valence-corrected chi connectivity index (χ3v) is 4.94. The Morgan fingerprint density at radius 2 is 2.21 bits per heavy atom. The summed E-state index contributed by atoms with van der Waals surface area (Å²) in [7, 11) is 0. The summed E-state index contributed by atoms with van der Waals surface area (Å²) < 4.78 is 5.86. The molecular weight excluding hydrogens is 372 g/mol. The Bertz CT molecular complexity index is 1000. The van der Waals surface area contributed by atoms with E-state index >= 15 is 0 Å². The summed E-state index contributed by atoms with van der Waals surface area (Å²) in [5.74, 6) is -1.34. The Balaban J connectivity index is 2.26. The normalized spacial score (nSPS) is 20.7. The van der Waals surface area contributed by atoms with Crippen LogP contribution < -0.4 is 16.1 Å². The quantitative estimate of drug-likeness (QED) is 0.383. The molecule has 0 fully saturated rings. The van der Waals surface area contributed by atoms with Crippen LogP contribution in [0.2, 0.25) is 0 Å². The summed E-state index contributed by atoms with van der Waals surface area (Å²) in [5.41, 5.74) is 13.3. The van der Waals surface area contributed by atoms with Gasteiger partial charge in [-0.05, 0) is 38.5 Å². The van der Waals surface area contributed by atoms with Crippen LogP contribution in [-0.4, -0.2) is 23.8 Å². The van der Waals surface area contributed by atoms with Crippen molar-refractivity contribution in [1.82, 2.24) is 16.1 Å². The van der Waals surface area contributed by atoms with Crippen molar-refractivity contribution in [3.05, 3.63) is 63.6 Å². The maximum absolute atomic E-state index is 12.8. The van der Waals surface area contributed by atoms with E-state index in [4.69, 9.17) is 15.5 Å². The first-order valence-electron chi connectivity index (χ1n) is 9.09. The van der Waals surface area contributed by atoms with Gasteiger partial charge in [-0.15, -0.1) is 0 Å². The fourth-order valence-electron chi connectivity index (χ4n) is 3.71. The number of hydrogen-bond donors (Lipinski definition) is 5. The monoisotopic (exact) mass is 394 g/mol. The highest BCUT2D eigenvalue weighted by Crippen LogP contribution is 2.45. The minimum atomic E-state index is -0.673. The average Bonchev–Trinajstić information content (AvgIpc) is 2.69. The predicted octanol–water partition coefficient (Wildman–Crippen LogP) is 2.41. The largest absolute Gasteiger partial charge is 0.508 e. The lowest BCUT2D eigenvalue weighted by Crippen LogP contribution is -2.43. The highest BCUT2D eigenvalue weighted by molar-refractivity contribution is 5.97. The van der Waals surface area contributed by atoms with Crippen LogP contribution in [0.4, 0.5) is 0 Å². The third kappa shape index (κ3) is 3.58. The van der Waals surface area contributed by atoms with Crippen LogP contribution in [0.5, 0.6) is 5.75 Å². The number of allylic oxidation sites excluding steroid dienone is 2. The fourth-order valence-corrected chi connectivity index (χ4v) is 3.71. The molecule has 2 aliphatic rings. The van der Waals surface area contributed by atoms with Gasteiger partial charge in [0.1, 0.15) is 5.75 Å². The number of ether oxygens (including phenoxy) is 1. The summed E-state index contributed by atoms with van der Waals surface area (Å²) in [4.78, 5) is 12.8. The van der Waals surface area contributed by atoms with Gasteiger partial charge in [-0.2, -0.15) is 10.8 Å². The molecule has 1 aromatic rings. The molecule has 0 saturated carbocycles. The van der Waals surface area contributed by atoms with E-state index in [1.165, 1.54) is 6.07 Å². The number of carbonyl (C=O) groups excluding carboxylic acids is 1. The summed E-state index contributed by atoms with van der Waals surface area (Å²) in [6.45, 7) is 5.97. The van der Waals surface area contributed by atoms with Gasteiger partial charge in [-0.1, -0.05) is 11.3 Å². The predicted molar refractivity (Wildman–Crippen MR) is 104 cm³/mol. The van der Waals surface area contributed by atoms with Crippen molar-refractivity contribution in [1.29, 1.82) is 10.8 Å². The van der Waals surface area contributed by atoms with Gasteiger partial charge in [0.25, 0.3) is 5.91 Å². The molecule has 9 heteroatoms. The Labute approximate surface area is 168 Å². The van der Waals surface area contributed by atoms with Gasteiger partial charge in [0.15, 0.2) is 6.23 Å². The zero-order valence-corrected chi connectivity index (χ0v) is 16.3. The number of nitriles is 1. The molecule has 1 aromatic carbocycles. The van der Waals surface area contributed by atoms with Crippen LogP contribution in [-0.2, 0) is 9.53 Å². The number of nitrogens with zero attached hydrogens (tertiary/aromatic N) is 2. The smallest absolute Gasteiger partial charge is 0.271 e. The standard InChI is InChI=1S/C20H22N6O3/c1-4-29-20-17-16(13-6-5-12(8-21)7-14(13)27)15(19(28)25-26-22)11(3)24-18(17)10(2)9-23-20/h5-7,9,16,20,23-24,27H,4H2,1-3H3,(H2,22,25,28). The first-order chi connectivity index (χ1) is 13.9. The molecule has 0 bridgehead atoms. The number of carbonyl (C=O) groups is 1. The SMILES string of the molecule is CCOC1NC=C(C)C2=C1C(c1ccc(C#N)cc1O)C(C(=O)NN=N)=C(C)N2. The fraction of sp³-hybridized carbons (Fsp3) is 0.300. The highest BCUT2D eigenvalue weighted by atomic mass is 16.5. The topological polar surface area (TPSA) is 143 Å². The lowest BCUT2D eigenvalue weighted by Gasteiger charge is -2.39. The van der Waals surface area contributed by atoms with Crippen molar-refractivity contribution in [2.45, 2.75) is 32.9 Å². The Hall–Kier alpha value is -3.64. The van der Waals surface area contributed by atoms with E-state index in [0.29, 0.717) is 29.0 Å². The van der Waals surface area contributed by atoms with Gasteiger partial charge in [-0.3, -0.25) is 4.79 Å². The van der Waals surface area contributed by atoms with E-state index in [0.717, 1.165) is 16.8 Å². The summed E-state index contributed by atoms with van der Waals surface area (Å²) >= 11 is 0. The molecule has 0 spiro atoms. The Morgan fingerprint density at radius 3 is 2.83 bits per heavy atom. The van der Waals surface area contributed by atoms with Gasteiger partial charge in [0, 0.05) is 46.8 Å². The van der Waals surface area contributed by atoms with Gasteiger partial charge in [-0.25, -0.2) is 5.43 Å². The number of phenols is 1. The van der Waals surface area contributed by atoms with Crippen molar-refractivity contribution in [3.8, 4) is 11.8 Å². The molecule has 0 aliphatic carbocycles. The van der Waals surface area contributed by atoms with E-state index < -0.39 is 18.1 Å². The second-order valence-electron chi connectivity index (χ2n) is 6.69. The van der Waals surface area contributed by atoms with E-state index in [1.807, 2.05) is 26.1 Å². The molecule has 2 unspecified atom stereocenters. The first kappa shape index (κ1) is 20.1. The second-order valence-corrected chi connectivity index (χ2v) is 6.69. The molecule has 150 valence electrons. The number of nitrogens with one attached hydrogen (secondary N) is 4. The summed E-state index contributed by atoms with van der Waals surface area (Å²) in [6, 6.07) is 6.58. The summed E-state index contributed by atoms with van der Waals surface area (Å²) in [6.07, 6.45) is 1.30. The maximum atomic E-state index is 12.8. The molecule has 1 amide bonds. The van der Waals surface area contributed by atoms with Gasteiger partial charge in [0.2, 0.25) is 0 Å². The molecule has 0 radical (unpaired) electrons.